The monoisotopic (exact) mass is 393 g/mol. The molecule has 0 saturated carbocycles. The fourth-order valence-electron chi connectivity index (χ4n) is 3.49. The van der Waals surface area contributed by atoms with Crippen LogP contribution in [0.1, 0.15) is 40.7 Å². The van der Waals surface area contributed by atoms with Crippen LogP contribution < -0.4 is 0 Å². The molecule has 1 aromatic heterocycles. The summed E-state index contributed by atoms with van der Waals surface area (Å²) in [5.74, 6) is -0.611. The number of aryl methyl sites for hydroxylation is 2. The molecule has 1 amide bonds. The van der Waals surface area contributed by atoms with Gasteiger partial charge in [-0.2, -0.15) is 18.3 Å². The molecule has 2 heterocycles. The van der Waals surface area contributed by atoms with Crippen molar-refractivity contribution in [1.29, 1.82) is 0 Å². The van der Waals surface area contributed by atoms with Crippen LogP contribution in [0.2, 0.25) is 0 Å². The first-order valence-corrected chi connectivity index (χ1v) is 9.21. The van der Waals surface area contributed by atoms with Gasteiger partial charge in [-0.25, -0.2) is 0 Å². The number of likely N-dealkylation sites (tertiary alicyclic amines) is 1. The van der Waals surface area contributed by atoms with E-state index in [0.29, 0.717) is 38.8 Å². The van der Waals surface area contributed by atoms with Gasteiger partial charge in [0.1, 0.15) is 0 Å². The van der Waals surface area contributed by atoms with Crippen LogP contribution in [0.5, 0.6) is 0 Å². The Morgan fingerprint density at radius 3 is 2.54 bits per heavy atom. The average molecular weight is 393 g/mol. The van der Waals surface area contributed by atoms with Crippen LogP contribution in [0.25, 0.3) is 0 Å². The molecule has 0 unspecified atom stereocenters. The summed E-state index contributed by atoms with van der Waals surface area (Å²) in [6, 6.07) is 4.28. The van der Waals surface area contributed by atoms with E-state index in [4.69, 9.17) is 0 Å². The summed E-state index contributed by atoms with van der Waals surface area (Å²) in [5.41, 5.74) is 0.452. The minimum Gasteiger partial charge on any atom is -0.342 e. The molecule has 0 radical (unpaired) electrons. The van der Waals surface area contributed by atoms with E-state index >= 15 is 0 Å². The van der Waals surface area contributed by atoms with Gasteiger partial charge in [0.2, 0.25) is 5.91 Å². The van der Waals surface area contributed by atoms with E-state index in [0.717, 1.165) is 17.7 Å². The number of halogens is 3. The maximum Gasteiger partial charge on any atom is 0.416 e. The fourth-order valence-corrected chi connectivity index (χ4v) is 3.49. The number of nitrogens with zero attached hydrogens (tertiary/aromatic N) is 3. The Hall–Kier alpha value is -2.64. The van der Waals surface area contributed by atoms with Gasteiger partial charge in [-0.1, -0.05) is 12.1 Å². The lowest BCUT2D eigenvalue weighted by molar-refractivity contribution is -0.137. The second-order valence-corrected chi connectivity index (χ2v) is 7.14. The summed E-state index contributed by atoms with van der Waals surface area (Å²) in [5, 5.41) is 4.07. The first kappa shape index (κ1) is 20.1. The summed E-state index contributed by atoms with van der Waals surface area (Å²) in [7, 11) is 1.81. The second kappa shape index (κ2) is 8.16. The molecule has 1 atom stereocenters. The normalized spacial score (nSPS) is 17.6. The Morgan fingerprint density at radius 1 is 1.21 bits per heavy atom. The molecule has 0 aliphatic carbocycles. The van der Waals surface area contributed by atoms with Gasteiger partial charge in [0.05, 0.1) is 11.8 Å². The smallest absolute Gasteiger partial charge is 0.342 e. The van der Waals surface area contributed by atoms with Crippen molar-refractivity contribution in [1.82, 2.24) is 14.7 Å². The lowest BCUT2D eigenvalue weighted by atomic mass is 9.89. The van der Waals surface area contributed by atoms with Gasteiger partial charge in [0.15, 0.2) is 5.78 Å². The van der Waals surface area contributed by atoms with Gasteiger partial charge in [0, 0.05) is 44.2 Å². The van der Waals surface area contributed by atoms with E-state index in [-0.39, 0.29) is 23.2 Å². The third-order valence-electron chi connectivity index (χ3n) is 5.03. The van der Waals surface area contributed by atoms with Crippen LogP contribution in [-0.4, -0.2) is 39.5 Å². The molecule has 1 aromatic carbocycles. The summed E-state index contributed by atoms with van der Waals surface area (Å²) in [6.07, 6.45) is 1.42. The van der Waals surface area contributed by atoms with E-state index in [1.807, 2.05) is 13.2 Å². The number of Topliss-reactive ketones (excluding diaryl/α,β-unsaturated/α-hetero) is 1. The van der Waals surface area contributed by atoms with Crippen molar-refractivity contribution in [3.05, 3.63) is 53.3 Å². The lowest BCUT2D eigenvalue weighted by Crippen LogP contribution is -2.42. The number of piperidine rings is 1. The topological polar surface area (TPSA) is 55.2 Å². The largest absolute Gasteiger partial charge is 0.416 e. The van der Waals surface area contributed by atoms with Crippen LogP contribution in [-0.2, 0) is 24.4 Å². The van der Waals surface area contributed by atoms with Crippen molar-refractivity contribution in [3.63, 3.8) is 0 Å². The molecule has 0 bridgehead atoms. The molecule has 0 spiro atoms. The van der Waals surface area contributed by atoms with Crippen molar-refractivity contribution in [2.24, 2.45) is 13.0 Å². The summed E-state index contributed by atoms with van der Waals surface area (Å²) < 4.78 is 39.7. The summed E-state index contributed by atoms with van der Waals surface area (Å²) in [4.78, 5) is 26.9. The number of rotatable bonds is 5. The lowest BCUT2D eigenvalue weighted by Gasteiger charge is -2.32. The molecule has 1 aliphatic heterocycles. The van der Waals surface area contributed by atoms with E-state index in [2.05, 4.69) is 5.10 Å². The summed E-state index contributed by atoms with van der Waals surface area (Å²) >= 11 is 0. The third kappa shape index (κ3) is 4.79. The molecule has 1 fully saturated rings. The number of hydrogen-bond donors (Lipinski definition) is 0. The van der Waals surface area contributed by atoms with Crippen LogP contribution in [0.3, 0.4) is 0 Å². The van der Waals surface area contributed by atoms with Crippen LogP contribution in [0, 0.1) is 5.92 Å². The number of hydrogen-bond acceptors (Lipinski definition) is 3. The highest BCUT2D eigenvalue weighted by Gasteiger charge is 2.32. The van der Waals surface area contributed by atoms with Gasteiger partial charge in [-0.15, -0.1) is 0 Å². The molecule has 1 aliphatic rings. The molecule has 150 valence electrons. The fraction of sp³-hybridized carbons (Fsp3) is 0.450. The molecular weight excluding hydrogens is 371 g/mol. The molecular formula is C20H22F3N3O2. The summed E-state index contributed by atoms with van der Waals surface area (Å²) in [6.45, 7) is 0.911. The van der Waals surface area contributed by atoms with Crippen molar-refractivity contribution >= 4 is 11.7 Å². The molecule has 2 aromatic rings. The molecule has 1 saturated heterocycles. The van der Waals surface area contributed by atoms with Gasteiger partial charge >= 0.3 is 6.18 Å². The Labute approximate surface area is 161 Å². The number of ketones is 1. The van der Waals surface area contributed by atoms with Gasteiger partial charge in [-0.05, 0) is 37.0 Å². The van der Waals surface area contributed by atoms with Crippen molar-refractivity contribution in [2.45, 2.75) is 31.9 Å². The zero-order chi connectivity index (χ0) is 20.3. The number of aromatic nitrogens is 2. The molecule has 5 nitrogen and oxygen atoms in total. The predicted octanol–water partition coefficient (Wildman–Crippen LogP) is 3.49. The number of carbonyl (C=O) groups excluding carboxylic acids is 2. The van der Waals surface area contributed by atoms with Crippen LogP contribution >= 0.6 is 0 Å². The minimum absolute atomic E-state index is 0.0197. The number of alkyl halides is 3. The first-order valence-electron chi connectivity index (χ1n) is 9.21. The first-order chi connectivity index (χ1) is 13.2. The van der Waals surface area contributed by atoms with E-state index in [1.165, 1.54) is 12.1 Å². The molecule has 8 heteroatoms. The zero-order valence-electron chi connectivity index (χ0n) is 15.6. The standard InChI is InChI=1S/C20H22F3N3O2/c1-25-12-14(11-24-25)4-9-18(27)26-10-2-3-16(13-26)19(28)15-5-7-17(8-6-15)20(21,22)23/h5-8,11-12,16H,2-4,9-10,13H2,1H3/t16-/m0/s1. The molecule has 0 N–H and O–H groups in total. The van der Waals surface area contributed by atoms with E-state index in [9.17, 15) is 22.8 Å². The predicted molar refractivity (Wildman–Crippen MR) is 96.6 cm³/mol. The average Bonchev–Trinajstić information content (AvgIpc) is 3.10. The zero-order valence-corrected chi connectivity index (χ0v) is 15.6. The second-order valence-electron chi connectivity index (χ2n) is 7.14. The quantitative estimate of drug-likeness (QED) is 0.731. The van der Waals surface area contributed by atoms with Crippen molar-refractivity contribution < 1.29 is 22.8 Å². The highest BCUT2D eigenvalue weighted by atomic mass is 19.4. The number of amides is 1. The van der Waals surface area contributed by atoms with Gasteiger partial charge in [-0.3, -0.25) is 14.3 Å². The Bertz CT molecular complexity index is 843. The third-order valence-corrected chi connectivity index (χ3v) is 5.03. The highest BCUT2D eigenvalue weighted by molar-refractivity contribution is 5.98. The highest BCUT2D eigenvalue weighted by Crippen LogP contribution is 2.30. The SMILES string of the molecule is Cn1cc(CCC(=O)N2CCC[C@H](C(=O)c3ccc(C(F)(F)F)cc3)C2)cn1. The number of carbonyl (C=O) groups is 2. The van der Waals surface area contributed by atoms with Crippen LogP contribution in [0.4, 0.5) is 13.2 Å². The molecule has 3 rings (SSSR count). The Morgan fingerprint density at radius 2 is 1.93 bits per heavy atom. The van der Waals surface area contributed by atoms with Gasteiger partial charge in [0.25, 0.3) is 0 Å². The number of benzene rings is 1. The Balaban J connectivity index is 1.59. The van der Waals surface area contributed by atoms with Crippen molar-refractivity contribution in [2.75, 3.05) is 13.1 Å². The van der Waals surface area contributed by atoms with Crippen molar-refractivity contribution in [3.8, 4) is 0 Å². The maximum atomic E-state index is 12.7. The maximum absolute atomic E-state index is 12.7. The van der Waals surface area contributed by atoms with Crippen LogP contribution in [0.15, 0.2) is 36.7 Å². The van der Waals surface area contributed by atoms with Gasteiger partial charge < -0.3 is 4.90 Å². The minimum atomic E-state index is -4.43. The Kier molecular flexibility index (Phi) is 5.86. The molecule has 28 heavy (non-hydrogen) atoms. The van der Waals surface area contributed by atoms with E-state index in [1.54, 1.807) is 15.8 Å². The van der Waals surface area contributed by atoms with E-state index < -0.39 is 11.7 Å².